The summed E-state index contributed by atoms with van der Waals surface area (Å²) in [6, 6.07) is 0. The molecule has 0 radical (unpaired) electrons. The molecule has 0 aliphatic heterocycles. The van der Waals surface area contributed by atoms with Gasteiger partial charge in [-0.3, -0.25) is 4.55 Å². The molecule has 0 spiro atoms. The second kappa shape index (κ2) is 8.73. The summed E-state index contributed by atoms with van der Waals surface area (Å²) < 4.78 is 65.0. The molecule has 0 unspecified atom stereocenters. The zero-order chi connectivity index (χ0) is 17.4. The van der Waals surface area contributed by atoms with Gasteiger partial charge in [0.15, 0.2) is 0 Å². The standard InChI is InChI=1S/C9H16N2O3S.C2HF3O2/c1-2-10-6-7-11(9-10)5-3-4-8-15(12,13)14;3-2(4,5)1(6)7/h6-7,9H,2-5,8H2,1H3;(H,6,7). The van der Waals surface area contributed by atoms with Crippen molar-refractivity contribution in [3.63, 3.8) is 0 Å². The lowest BCUT2D eigenvalue weighted by Gasteiger charge is -2.03. The first-order valence-electron chi connectivity index (χ1n) is 6.24. The summed E-state index contributed by atoms with van der Waals surface area (Å²) in [4.78, 5) is 8.78. The van der Waals surface area contributed by atoms with Crippen LogP contribution < -0.4 is 9.67 Å². The zero-order valence-corrected chi connectivity index (χ0v) is 12.6. The Balaban J connectivity index is 0.000000534. The summed E-state index contributed by atoms with van der Waals surface area (Å²) in [5.41, 5.74) is 0. The molecule has 0 fully saturated rings. The van der Waals surface area contributed by atoms with E-state index in [1.807, 2.05) is 27.9 Å². The first kappa shape index (κ1) is 20.4. The van der Waals surface area contributed by atoms with Crippen LogP contribution in [0, 0.1) is 0 Å². The lowest BCUT2D eigenvalue weighted by atomic mass is 10.3. The number of aliphatic carboxylic acids is 1. The molecule has 7 nitrogen and oxygen atoms in total. The van der Waals surface area contributed by atoms with Crippen LogP contribution in [0.25, 0.3) is 0 Å². The maximum absolute atomic E-state index is 10.5. The highest BCUT2D eigenvalue weighted by Gasteiger charge is 2.28. The molecule has 11 heteroatoms. The third-order valence-electron chi connectivity index (χ3n) is 2.41. The summed E-state index contributed by atoms with van der Waals surface area (Å²) in [5.74, 6) is -3.16. The second-order valence-corrected chi connectivity index (χ2v) is 5.83. The number of aromatic nitrogens is 2. The van der Waals surface area contributed by atoms with Crippen molar-refractivity contribution in [1.29, 1.82) is 0 Å². The Morgan fingerprint density at radius 2 is 1.91 bits per heavy atom. The van der Waals surface area contributed by atoms with Crippen LogP contribution in [0.5, 0.6) is 0 Å². The predicted molar refractivity (Wildman–Crippen MR) is 67.0 cm³/mol. The van der Waals surface area contributed by atoms with Gasteiger partial charge >= 0.3 is 6.18 Å². The molecule has 22 heavy (non-hydrogen) atoms. The number of hydrogen-bond acceptors (Lipinski definition) is 4. The fourth-order valence-electron chi connectivity index (χ4n) is 1.34. The van der Waals surface area contributed by atoms with E-state index in [9.17, 15) is 21.6 Å². The molecule has 0 aliphatic carbocycles. The normalized spacial score (nSPS) is 11.7. The molecule has 1 rings (SSSR count). The molecule has 0 bridgehead atoms. The van der Waals surface area contributed by atoms with Gasteiger partial charge in [0.05, 0.1) is 18.8 Å². The summed E-state index contributed by atoms with van der Waals surface area (Å²) in [6.45, 7) is 3.77. The lowest BCUT2D eigenvalue weighted by molar-refractivity contribution is -0.696. The van der Waals surface area contributed by atoms with Gasteiger partial charge in [0.2, 0.25) is 6.33 Å². The number of aryl methyl sites for hydroxylation is 2. The molecule has 1 aromatic heterocycles. The number of halogens is 3. The highest BCUT2D eigenvalue weighted by molar-refractivity contribution is 7.85. The van der Waals surface area contributed by atoms with E-state index in [0.717, 1.165) is 19.5 Å². The number of carbonyl (C=O) groups excluding carboxylic acids is 1. The number of rotatable bonds is 6. The van der Waals surface area contributed by atoms with Crippen LogP contribution in [-0.4, -0.2) is 35.4 Å². The Bertz CT molecular complexity index is 569. The minimum Gasteiger partial charge on any atom is -0.542 e. The Labute approximate surface area is 125 Å². The van der Waals surface area contributed by atoms with Crippen molar-refractivity contribution in [1.82, 2.24) is 4.57 Å². The van der Waals surface area contributed by atoms with Crippen LogP contribution in [0.1, 0.15) is 19.8 Å². The predicted octanol–water partition coefficient (Wildman–Crippen LogP) is -0.238. The van der Waals surface area contributed by atoms with Gasteiger partial charge in [-0.1, -0.05) is 0 Å². The molecule has 1 heterocycles. The topological polar surface area (TPSA) is 103 Å². The Kier molecular flexibility index (Phi) is 8.09. The number of nitrogens with zero attached hydrogens (tertiary/aromatic N) is 2. The first-order valence-corrected chi connectivity index (χ1v) is 7.84. The van der Waals surface area contributed by atoms with Crippen LogP contribution in [0.15, 0.2) is 18.7 Å². The van der Waals surface area contributed by atoms with E-state index in [-0.39, 0.29) is 5.75 Å². The summed E-state index contributed by atoms with van der Waals surface area (Å²) in [5, 5.41) is 8.78. The van der Waals surface area contributed by atoms with Crippen molar-refractivity contribution >= 4 is 16.1 Å². The van der Waals surface area contributed by atoms with Crippen LogP contribution in [0.3, 0.4) is 0 Å². The molecule has 0 saturated carbocycles. The maximum atomic E-state index is 10.5. The zero-order valence-electron chi connectivity index (χ0n) is 11.8. The summed E-state index contributed by atoms with van der Waals surface area (Å²) in [7, 11) is -3.79. The minimum absolute atomic E-state index is 0.151. The number of unbranched alkanes of at least 4 members (excludes halogenated alkanes) is 1. The largest absolute Gasteiger partial charge is 0.542 e. The molecule has 128 valence electrons. The van der Waals surface area contributed by atoms with E-state index in [0.29, 0.717) is 6.42 Å². The number of imidazole rings is 1. The van der Waals surface area contributed by atoms with Gasteiger partial charge < -0.3 is 9.90 Å². The first-order chi connectivity index (χ1) is 9.95. The number of carbonyl (C=O) groups is 1. The van der Waals surface area contributed by atoms with Crippen molar-refractivity contribution in [3.05, 3.63) is 18.7 Å². The SMILES string of the molecule is CCn1cc[n+](CCCCS(=O)(=O)O)c1.O=C([O-])C(F)(F)F. The van der Waals surface area contributed by atoms with Crippen LogP contribution >= 0.6 is 0 Å². The number of carboxylic acids is 1. The third kappa shape index (κ3) is 10.2. The van der Waals surface area contributed by atoms with Crippen molar-refractivity contribution in [3.8, 4) is 0 Å². The molecular weight excluding hydrogens is 329 g/mol. The Morgan fingerprint density at radius 3 is 2.27 bits per heavy atom. The van der Waals surface area contributed by atoms with Crippen LogP contribution in [0.2, 0.25) is 0 Å². The third-order valence-corrected chi connectivity index (χ3v) is 3.22. The van der Waals surface area contributed by atoms with E-state index in [2.05, 4.69) is 6.92 Å². The van der Waals surface area contributed by atoms with E-state index in [4.69, 9.17) is 14.5 Å². The van der Waals surface area contributed by atoms with Crippen LogP contribution in [-0.2, 0) is 28.0 Å². The lowest BCUT2D eigenvalue weighted by Crippen LogP contribution is -2.37. The van der Waals surface area contributed by atoms with E-state index in [1.165, 1.54) is 0 Å². The molecule has 1 aromatic rings. The minimum atomic E-state index is -5.19. The fraction of sp³-hybridized carbons (Fsp3) is 0.636. The van der Waals surface area contributed by atoms with E-state index >= 15 is 0 Å². The molecule has 0 saturated heterocycles. The second-order valence-electron chi connectivity index (χ2n) is 4.26. The Morgan fingerprint density at radius 1 is 1.36 bits per heavy atom. The fourth-order valence-corrected chi connectivity index (χ4v) is 1.91. The van der Waals surface area contributed by atoms with Gasteiger partial charge in [-0.25, -0.2) is 9.13 Å². The van der Waals surface area contributed by atoms with Crippen molar-refractivity contribution < 1.29 is 40.6 Å². The molecular formula is C11H17F3N2O5S. The Hall–Kier alpha value is -1.62. The number of alkyl halides is 3. The maximum Gasteiger partial charge on any atom is 0.430 e. The number of carboxylic acid groups (broad SMARTS) is 1. The average molecular weight is 346 g/mol. The smallest absolute Gasteiger partial charge is 0.430 e. The summed E-state index contributed by atoms with van der Waals surface area (Å²) in [6.07, 6.45) is 1.95. The van der Waals surface area contributed by atoms with Crippen molar-refractivity contribution in [2.24, 2.45) is 0 Å². The van der Waals surface area contributed by atoms with E-state index in [1.54, 1.807) is 0 Å². The van der Waals surface area contributed by atoms with Gasteiger partial charge in [0, 0.05) is 0 Å². The molecule has 0 amide bonds. The van der Waals surface area contributed by atoms with Gasteiger partial charge in [-0.15, -0.1) is 0 Å². The molecule has 0 aromatic carbocycles. The highest BCUT2D eigenvalue weighted by Crippen LogP contribution is 2.11. The van der Waals surface area contributed by atoms with Crippen molar-refractivity contribution in [2.45, 2.75) is 39.0 Å². The molecule has 0 aliphatic rings. The van der Waals surface area contributed by atoms with Crippen molar-refractivity contribution in [2.75, 3.05) is 5.75 Å². The highest BCUT2D eigenvalue weighted by atomic mass is 32.2. The van der Waals surface area contributed by atoms with Crippen LogP contribution in [0.4, 0.5) is 13.2 Å². The van der Waals surface area contributed by atoms with E-state index < -0.39 is 22.3 Å². The van der Waals surface area contributed by atoms with Gasteiger partial charge in [-0.05, 0) is 19.8 Å². The monoisotopic (exact) mass is 346 g/mol. The number of hydrogen-bond donors (Lipinski definition) is 1. The van der Waals surface area contributed by atoms with Gasteiger partial charge in [0.1, 0.15) is 18.4 Å². The molecule has 1 N–H and O–H groups in total. The summed E-state index contributed by atoms with van der Waals surface area (Å²) >= 11 is 0. The molecule has 0 atom stereocenters. The van der Waals surface area contributed by atoms with Gasteiger partial charge in [0.25, 0.3) is 10.1 Å². The van der Waals surface area contributed by atoms with Gasteiger partial charge in [-0.2, -0.15) is 21.6 Å². The quantitative estimate of drug-likeness (QED) is 0.435. The average Bonchev–Trinajstić information content (AvgIpc) is 2.81.